The molecule has 0 spiro atoms. The highest BCUT2D eigenvalue weighted by atomic mass is 16.6. The van der Waals surface area contributed by atoms with Crippen LogP contribution in [0.2, 0.25) is 0 Å². The van der Waals surface area contributed by atoms with Gasteiger partial charge in [-0.2, -0.15) is 0 Å². The van der Waals surface area contributed by atoms with Gasteiger partial charge in [0, 0.05) is 25.6 Å². The summed E-state index contributed by atoms with van der Waals surface area (Å²) in [4.78, 5) is 16.1. The number of amides is 1. The molecule has 1 aromatic rings. The molecule has 2 saturated heterocycles. The summed E-state index contributed by atoms with van der Waals surface area (Å²) >= 11 is 0. The van der Waals surface area contributed by atoms with Crippen LogP contribution >= 0.6 is 0 Å². The molecule has 3 heterocycles. The Labute approximate surface area is 144 Å². The quantitative estimate of drug-likeness (QED) is 0.826. The standard InChI is InChI=1S/C17H29N5O2/c1-3-22-15(13-20-9-5-6-10-20)18-19-16(22)14-7-11-21(12-8-14)17(23)24-4-2/h14H,3-13H2,1-2H3. The maximum Gasteiger partial charge on any atom is 0.409 e. The van der Waals surface area contributed by atoms with E-state index in [-0.39, 0.29) is 6.09 Å². The van der Waals surface area contributed by atoms with Crippen molar-refractivity contribution in [2.45, 2.75) is 58.5 Å². The number of carbonyl (C=O) groups is 1. The van der Waals surface area contributed by atoms with Crippen molar-refractivity contribution in [1.82, 2.24) is 24.6 Å². The van der Waals surface area contributed by atoms with E-state index in [0.717, 1.165) is 50.7 Å². The van der Waals surface area contributed by atoms with Crippen LogP contribution in [0.15, 0.2) is 0 Å². The first-order valence-corrected chi connectivity index (χ1v) is 9.29. The first kappa shape index (κ1) is 17.2. The Morgan fingerprint density at radius 2 is 1.83 bits per heavy atom. The molecule has 2 aliphatic rings. The van der Waals surface area contributed by atoms with Crippen LogP contribution in [0.3, 0.4) is 0 Å². The Morgan fingerprint density at radius 3 is 2.46 bits per heavy atom. The van der Waals surface area contributed by atoms with Crippen LogP contribution in [0.4, 0.5) is 4.79 Å². The Morgan fingerprint density at radius 1 is 1.12 bits per heavy atom. The van der Waals surface area contributed by atoms with Crippen molar-refractivity contribution in [3.63, 3.8) is 0 Å². The van der Waals surface area contributed by atoms with Gasteiger partial charge in [-0.1, -0.05) is 0 Å². The molecule has 0 bridgehead atoms. The molecule has 1 amide bonds. The number of rotatable bonds is 5. The fraction of sp³-hybridized carbons (Fsp3) is 0.824. The topological polar surface area (TPSA) is 63.5 Å². The van der Waals surface area contributed by atoms with Gasteiger partial charge in [-0.3, -0.25) is 4.90 Å². The Hall–Kier alpha value is -1.63. The monoisotopic (exact) mass is 335 g/mol. The molecular formula is C17H29N5O2. The summed E-state index contributed by atoms with van der Waals surface area (Å²) in [7, 11) is 0. The SMILES string of the molecule is CCOC(=O)N1CCC(c2nnc(CN3CCCC3)n2CC)CC1. The zero-order valence-corrected chi connectivity index (χ0v) is 14.9. The Kier molecular flexibility index (Phi) is 5.71. The summed E-state index contributed by atoms with van der Waals surface area (Å²) in [5, 5.41) is 8.99. The first-order valence-electron chi connectivity index (χ1n) is 9.29. The second-order valence-corrected chi connectivity index (χ2v) is 6.66. The van der Waals surface area contributed by atoms with Crippen LogP contribution in [0.1, 0.15) is 57.1 Å². The van der Waals surface area contributed by atoms with E-state index in [4.69, 9.17) is 4.74 Å². The maximum absolute atomic E-state index is 11.8. The van der Waals surface area contributed by atoms with Crippen LogP contribution < -0.4 is 0 Å². The zero-order chi connectivity index (χ0) is 16.9. The predicted octanol–water partition coefficient (Wildman–Crippen LogP) is 2.23. The minimum absolute atomic E-state index is 0.192. The van der Waals surface area contributed by atoms with Crippen molar-refractivity contribution < 1.29 is 9.53 Å². The highest BCUT2D eigenvalue weighted by Gasteiger charge is 2.28. The van der Waals surface area contributed by atoms with Gasteiger partial charge in [-0.25, -0.2) is 4.79 Å². The van der Waals surface area contributed by atoms with E-state index in [1.165, 1.54) is 25.9 Å². The molecule has 1 aromatic heterocycles. The fourth-order valence-electron chi connectivity index (χ4n) is 3.79. The molecule has 0 N–H and O–H groups in total. The number of piperidine rings is 1. The number of ether oxygens (including phenoxy) is 1. The van der Waals surface area contributed by atoms with Crippen LogP contribution in [0.25, 0.3) is 0 Å². The van der Waals surface area contributed by atoms with Crippen LogP contribution in [-0.2, 0) is 17.8 Å². The number of aromatic nitrogens is 3. The van der Waals surface area contributed by atoms with E-state index in [1.54, 1.807) is 4.90 Å². The molecule has 2 fully saturated rings. The first-order chi connectivity index (χ1) is 11.7. The molecule has 3 rings (SSSR count). The van der Waals surface area contributed by atoms with E-state index in [2.05, 4.69) is 26.6 Å². The summed E-state index contributed by atoms with van der Waals surface area (Å²) in [6.45, 7) is 10.1. The molecule has 134 valence electrons. The van der Waals surface area contributed by atoms with Gasteiger partial charge < -0.3 is 14.2 Å². The average Bonchev–Trinajstić information content (AvgIpc) is 3.25. The molecule has 0 atom stereocenters. The van der Waals surface area contributed by atoms with Gasteiger partial charge in [0.25, 0.3) is 0 Å². The average molecular weight is 335 g/mol. The van der Waals surface area contributed by atoms with E-state index < -0.39 is 0 Å². The number of carbonyl (C=O) groups excluding carboxylic acids is 1. The molecule has 0 aromatic carbocycles. The van der Waals surface area contributed by atoms with Crippen molar-refractivity contribution in [2.24, 2.45) is 0 Å². The third kappa shape index (κ3) is 3.71. The molecule has 7 heteroatoms. The van der Waals surface area contributed by atoms with Gasteiger partial charge in [0.1, 0.15) is 11.6 Å². The highest BCUT2D eigenvalue weighted by molar-refractivity contribution is 5.67. The number of likely N-dealkylation sites (tertiary alicyclic amines) is 2. The Bertz CT molecular complexity index is 545. The van der Waals surface area contributed by atoms with Crippen LogP contribution in [-0.4, -0.2) is 63.4 Å². The molecule has 0 saturated carbocycles. The van der Waals surface area contributed by atoms with Crippen LogP contribution in [0, 0.1) is 0 Å². The fourth-order valence-corrected chi connectivity index (χ4v) is 3.79. The molecular weight excluding hydrogens is 306 g/mol. The largest absolute Gasteiger partial charge is 0.450 e. The third-order valence-electron chi connectivity index (χ3n) is 5.12. The summed E-state index contributed by atoms with van der Waals surface area (Å²) in [6.07, 6.45) is 4.25. The van der Waals surface area contributed by atoms with E-state index in [0.29, 0.717) is 12.5 Å². The molecule has 2 aliphatic heterocycles. The van der Waals surface area contributed by atoms with Gasteiger partial charge in [-0.15, -0.1) is 10.2 Å². The molecule has 0 aliphatic carbocycles. The lowest BCUT2D eigenvalue weighted by atomic mass is 9.96. The zero-order valence-electron chi connectivity index (χ0n) is 14.9. The second kappa shape index (κ2) is 7.96. The van der Waals surface area contributed by atoms with Gasteiger partial charge in [0.2, 0.25) is 0 Å². The molecule has 24 heavy (non-hydrogen) atoms. The number of hydrogen-bond donors (Lipinski definition) is 0. The summed E-state index contributed by atoms with van der Waals surface area (Å²) in [5.41, 5.74) is 0. The predicted molar refractivity (Wildman–Crippen MR) is 90.8 cm³/mol. The molecule has 0 unspecified atom stereocenters. The van der Waals surface area contributed by atoms with Gasteiger partial charge in [-0.05, 0) is 52.6 Å². The summed E-state index contributed by atoms with van der Waals surface area (Å²) < 4.78 is 7.37. The lowest BCUT2D eigenvalue weighted by Crippen LogP contribution is -2.38. The number of hydrogen-bond acceptors (Lipinski definition) is 5. The van der Waals surface area contributed by atoms with Crippen molar-refractivity contribution in [1.29, 1.82) is 0 Å². The van der Waals surface area contributed by atoms with Crippen molar-refractivity contribution in [2.75, 3.05) is 32.8 Å². The molecule has 0 radical (unpaired) electrons. The van der Waals surface area contributed by atoms with Gasteiger partial charge in [0.15, 0.2) is 0 Å². The second-order valence-electron chi connectivity index (χ2n) is 6.66. The lowest BCUT2D eigenvalue weighted by molar-refractivity contribution is 0.0964. The minimum Gasteiger partial charge on any atom is -0.450 e. The van der Waals surface area contributed by atoms with Crippen molar-refractivity contribution >= 4 is 6.09 Å². The van der Waals surface area contributed by atoms with Gasteiger partial charge >= 0.3 is 6.09 Å². The third-order valence-corrected chi connectivity index (χ3v) is 5.12. The summed E-state index contributed by atoms with van der Waals surface area (Å²) in [6, 6.07) is 0. The van der Waals surface area contributed by atoms with Crippen LogP contribution in [0.5, 0.6) is 0 Å². The summed E-state index contributed by atoms with van der Waals surface area (Å²) in [5.74, 6) is 2.56. The van der Waals surface area contributed by atoms with Crippen molar-refractivity contribution in [3.05, 3.63) is 11.6 Å². The van der Waals surface area contributed by atoms with E-state index in [1.807, 2.05) is 6.92 Å². The number of nitrogens with zero attached hydrogens (tertiary/aromatic N) is 5. The van der Waals surface area contributed by atoms with E-state index >= 15 is 0 Å². The van der Waals surface area contributed by atoms with Gasteiger partial charge in [0.05, 0.1) is 13.2 Å². The minimum atomic E-state index is -0.192. The maximum atomic E-state index is 11.8. The lowest BCUT2D eigenvalue weighted by Gasteiger charge is -2.31. The highest BCUT2D eigenvalue weighted by Crippen LogP contribution is 2.28. The molecule has 7 nitrogen and oxygen atoms in total. The van der Waals surface area contributed by atoms with Crippen molar-refractivity contribution in [3.8, 4) is 0 Å². The normalized spacial score (nSPS) is 19.8. The Balaban J connectivity index is 1.63. The smallest absolute Gasteiger partial charge is 0.409 e. The van der Waals surface area contributed by atoms with E-state index in [9.17, 15) is 4.79 Å².